The molecule has 0 saturated carbocycles. The molecule has 1 aromatic heterocycles. The van der Waals surface area contributed by atoms with Gasteiger partial charge in [-0.3, -0.25) is 0 Å². The van der Waals surface area contributed by atoms with Crippen molar-refractivity contribution in [3.63, 3.8) is 0 Å². The molecule has 0 unspecified atom stereocenters. The lowest BCUT2D eigenvalue weighted by molar-refractivity contribution is 0.253. The molecular formula is C14H26N4. The lowest BCUT2D eigenvalue weighted by Crippen LogP contribution is -2.29. The number of rotatable bonds is 4. The molecule has 1 saturated heterocycles. The van der Waals surface area contributed by atoms with Gasteiger partial charge in [0, 0.05) is 24.2 Å². The van der Waals surface area contributed by atoms with Crippen LogP contribution in [0.25, 0.3) is 0 Å². The number of nitrogens with zero attached hydrogens (tertiary/aromatic N) is 2. The maximum absolute atomic E-state index is 5.77. The number of hydrogen-bond donors (Lipinski definition) is 2. The minimum atomic E-state index is 0.127. The Bertz CT molecular complexity index is 375. The maximum atomic E-state index is 5.77. The first-order chi connectivity index (χ1) is 8.50. The maximum Gasteiger partial charge on any atom is 0.106 e. The van der Waals surface area contributed by atoms with Crippen molar-refractivity contribution in [1.82, 2.24) is 14.9 Å². The van der Waals surface area contributed by atoms with Crippen LogP contribution >= 0.6 is 0 Å². The second-order valence-corrected chi connectivity index (χ2v) is 6.41. The Kier molecular flexibility index (Phi) is 4.07. The zero-order valence-corrected chi connectivity index (χ0v) is 11.9. The van der Waals surface area contributed by atoms with Crippen molar-refractivity contribution in [1.29, 1.82) is 0 Å². The van der Waals surface area contributed by atoms with E-state index in [-0.39, 0.29) is 5.41 Å². The first kappa shape index (κ1) is 13.6. The van der Waals surface area contributed by atoms with Gasteiger partial charge in [0.05, 0.1) is 0 Å². The van der Waals surface area contributed by atoms with Crippen molar-refractivity contribution in [2.45, 2.75) is 39.0 Å². The first-order valence-corrected chi connectivity index (χ1v) is 6.92. The molecule has 18 heavy (non-hydrogen) atoms. The third kappa shape index (κ3) is 3.33. The number of likely N-dealkylation sites (tertiary alicyclic amines) is 1. The molecule has 0 aromatic carbocycles. The van der Waals surface area contributed by atoms with Crippen LogP contribution in [0.4, 0.5) is 0 Å². The third-order valence-electron chi connectivity index (χ3n) is 4.01. The summed E-state index contributed by atoms with van der Waals surface area (Å²) in [6, 6.07) is 0. The van der Waals surface area contributed by atoms with Crippen LogP contribution in [-0.2, 0) is 6.42 Å². The Morgan fingerprint density at radius 3 is 2.72 bits per heavy atom. The fourth-order valence-corrected chi connectivity index (χ4v) is 2.52. The Balaban J connectivity index is 1.98. The van der Waals surface area contributed by atoms with Gasteiger partial charge in [0.25, 0.3) is 0 Å². The summed E-state index contributed by atoms with van der Waals surface area (Å²) in [6.07, 6.45) is 5.42. The van der Waals surface area contributed by atoms with Gasteiger partial charge in [-0.2, -0.15) is 0 Å². The SMILES string of the molecule is CN1CCC(c2cnc(CC(C)(C)CN)[nH]2)CC1. The highest BCUT2D eigenvalue weighted by Crippen LogP contribution is 2.27. The van der Waals surface area contributed by atoms with E-state index in [1.165, 1.54) is 31.6 Å². The summed E-state index contributed by atoms with van der Waals surface area (Å²) in [5, 5.41) is 0. The molecule has 1 aliphatic rings. The third-order valence-corrected chi connectivity index (χ3v) is 4.01. The van der Waals surface area contributed by atoms with E-state index in [1.54, 1.807) is 0 Å². The molecule has 3 N–H and O–H groups in total. The molecule has 102 valence electrons. The van der Waals surface area contributed by atoms with E-state index in [1.807, 2.05) is 6.20 Å². The van der Waals surface area contributed by atoms with Gasteiger partial charge in [-0.25, -0.2) is 4.98 Å². The van der Waals surface area contributed by atoms with E-state index in [2.05, 4.69) is 35.8 Å². The normalized spacial score (nSPS) is 19.3. The van der Waals surface area contributed by atoms with Gasteiger partial charge in [-0.1, -0.05) is 13.8 Å². The van der Waals surface area contributed by atoms with Crippen molar-refractivity contribution < 1.29 is 0 Å². The van der Waals surface area contributed by atoms with Crippen LogP contribution in [0.5, 0.6) is 0 Å². The molecule has 0 amide bonds. The number of hydrogen-bond acceptors (Lipinski definition) is 3. The minimum absolute atomic E-state index is 0.127. The fourth-order valence-electron chi connectivity index (χ4n) is 2.52. The first-order valence-electron chi connectivity index (χ1n) is 6.92. The topological polar surface area (TPSA) is 57.9 Å². The molecule has 1 aliphatic heterocycles. The van der Waals surface area contributed by atoms with Gasteiger partial charge < -0.3 is 15.6 Å². The van der Waals surface area contributed by atoms with Gasteiger partial charge in [0.15, 0.2) is 0 Å². The predicted molar refractivity (Wildman–Crippen MR) is 74.6 cm³/mol. The summed E-state index contributed by atoms with van der Waals surface area (Å²) in [4.78, 5) is 10.4. The highest BCUT2D eigenvalue weighted by molar-refractivity contribution is 5.10. The number of imidazole rings is 1. The molecule has 1 aromatic rings. The number of piperidine rings is 1. The average molecular weight is 250 g/mol. The van der Waals surface area contributed by atoms with Crippen molar-refractivity contribution in [3.05, 3.63) is 17.7 Å². The van der Waals surface area contributed by atoms with Gasteiger partial charge >= 0.3 is 0 Å². The molecular weight excluding hydrogens is 224 g/mol. The number of nitrogens with one attached hydrogen (secondary N) is 1. The molecule has 2 rings (SSSR count). The van der Waals surface area contributed by atoms with Crippen LogP contribution in [-0.4, -0.2) is 41.5 Å². The summed E-state index contributed by atoms with van der Waals surface area (Å²) < 4.78 is 0. The summed E-state index contributed by atoms with van der Waals surface area (Å²) in [5.74, 6) is 1.74. The minimum Gasteiger partial charge on any atom is -0.346 e. The van der Waals surface area contributed by atoms with Crippen molar-refractivity contribution in [2.75, 3.05) is 26.7 Å². The quantitative estimate of drug-likeness (QED) is 0.856. The Labute approximate surface area is 110 Å². The van der Waals surface area contributed by atoms with Gasteiger partial charge in [-0.05, 0) is 44.9 Å². The zero-order valence-electron chi connectivity index (χ0n) is 11.9. The lowest BCUT2D eigenvalue weighted by Gasteiger charge is -2.28. The molecule has 4 heteroatoms. The van der Waals surface area contributed by atoms with Crippen molar-refractivity contribution in [3.8, 4) is 0 Å². The molecule has 4 nitrogen and oxygen atoms in total. The van der Waals surface area contributed by atoms with E-state index in [0.29, 0.717) is 12.5 Å². The van der Waals surface area contributed by atoms with Gasteiger partial charge in [-0.15, -0.1) is 0 Å². The monoisotopic (exact) mass is 250 g/mol. The second-order valence-electron chi connectivity index (χ2n) is 6.41. The number of aromatic amines is 1. The highest BCUT2D eigenvalue weighted by Gasteiger charge is 2.22. The van der Waals surface area contributed by atoms with Crippen LogP contribution in [0.1, 0.15) is 44.1 Å². The van der Waals surface area contributed by atoms with E-state index in [0.717, 1.165) is 12.2 Å². The average Bonchev–Trinajstić information content (AvgIpc) is 2.78. The molecule has 0 bridgehead atoms. The van der Waals surface area contributed by atoms with E-state index >= 15 is 0 Å². The van der Waals surface area contributed by atoms with Crippen LogP contribution < -0.4 is 5.73 Å². The standard InChI is InChI=1S/C14H26N4/c1-14(2,10-15)8-13-16-9-12(17-13)11-4-6-18(3)7-5-11/h9,11H,4-8,10,15H2,1-3H3,(H,16,17). The molecule has 0 spiro atoms. The number of H-pyrrole nitrogens is 1. The molecule has 1 fully saturated rings. The largest absolute Gasteiger partial charge is 0.346 e. The molecule has 0 radical (unpaired) electrons. The number of nitrogens with two attached hydrogens (primary N) is 1. The van der Waals surface area contributed by atoms with Crippen LogP contribution in [0.3, 0.4) is 0 Å². The Morgan fingerprint density at radius 1 is 1.44 bits per heavy atom. The molecule has 0 atom stereocenters. The van der Waals surface area contributed by atoms with E-state index < -0.39 is 0 Å². The zero-order chi connectivity index (χ0) is 13.2. The van der Waals surface area contributed by atoms with Crippen LogP contribution in [0, 0.1) is 5.41 Å². The van der Waals surface area contributed by atoms with Crippen molar-refractivity contribution in [2.24, 2.45) is 11.1 Å². The van der Waals surface area contributed by atoms with Gasteiger partial charge in [0.1, 0.15) is 5.82 Å². The summed E-state index contributed by atoms with van der Waals surface area (Å²) in [5.41, 5.74) is 7.21. The highest BCUT2D eigenvalue weighted by atomic mass is 15.1. The molecule has 0 aliphatic carbocycles. The fraction of sp³-hybridized carbons (Fsp3) is 0.786. The predicted octanol–water partition coefficient (Wildman–Crippen LogP) is 1.75. The van der Waals surface area contributed by atoms with Crippen LogP contribution in [0.15, 0.2) is 6.20 Å². The van der Waals surface area contributed by atoms with E-state index in [9.17, 15) is 0 Å². The smallest absolute Gasteiger partial charge is 0.106 e. The second kappa shape index (κ2) is 5.41. The van der Waals surface area contributed by atoms with Crippen LogP contribution in [0.2, 0.25) is 0 Å². The molecule has 2 heterocycles. The van der Waals surface area contributed by atoms with Crippen molar-refractivity contribution >= 4 is 0 Å². The summed E-state index contributed by atoms with van der Waals surface area (Å²) >= 11 is 0. The Morgan fingerprint density at radius 2 is 2.11 bits per heavy atom. The summed E-state index contributed by atoms with van der Waals surface area (Å²) in [7, 11) is 2.19. The summed E-state index contributed by atoms with van der Waals surface area (Å²) in [6.45, 7) is 7.44. The van der Waals surface area contributed by atoms with Gasteiger partial charge in [0.2, 0.25) is 0 Å². The Hall–Kier alpha value is -0.870. The number of aromatic nitrogens is 2. The van der Waals surface area contributed by atoms with E-state index in [4.69, 9.17) is 5.73 Å². The lowest BCUT2D eigenvalue weighted by atomic mass is 9.89.